The number of hydrogen-bond acceptors (Lipinski definition) is 1. The molecule has 0 amide bonds. The van der Waals surface area contributed by atoms with Gasteiger partial charge in [-0.1, -0.05) is 219 Å². The number of rotatable bonds is 36. The average Bonchev–Trinajstić information content (AvgIpc) is 2.99. The molecule has 0 aliphatic heterocycles. The van der Waals surface area contributed by atoms with Crippen LogP contribution in [0.5, 0.6) is 0 Å². The molecule has 0 fully saturated rings. The smallest absolute Gasteiger partial charge is 0.331 e. The highest BCUT2D eigenvalue weighted by molar-refractivity contribution is 5.86. The Bertz CT molecular complexity index is 552. The largest absolute Gasteiger partial charge is 0.478 e. The highest BCUT2D eigenvalue weighted by Gasteiger charge is 2.06. The summed E-state index contributed by atoms with van der Waals surface area (Å²) in [5.41, 5.74) is 0.664. The Kier molecular flexibility index (Phi) is 35.7. The van der Waals surface area contributed by atoms with Crippen molar-refractivity contribution in [3.63, 3.8) is 0 Å². The summed E-state index contributed by atoms with van der Waals surface area (Å²) in [6.07, 6.45) is 49.1. The Balaban J connectivity index is 3.44. The molecule has 0 saturated heterocycles. The van der Waals surface area contributed by atoms with E-state index in [0.717, 1.165) is 25.7 Å². The third-order valence-electron chi connectivity index (χ3n) is 9.27. The van der Waals surface area contributed by atoms with Gasteiger partial charge in [-0.25, -0.2) is 4.79 Å². The zero-order chi connectivity index (χ0) is 30.6. The first-order valence-electron chi connectivity index (χ1n) is 19.6. The fraction of sp³-hybridized carbons (Fsp3) is 0.925. The number of hydrogen-bond donors (Lipinski definition) is 1. The fourth-order valence-electron chi connectivity index (χ4n) is 6.31. The maximum atomic E-state index is 11.6. The monoisotopic (exact) mass is 591 g/mol. The minimum Gasteiger partial charge on any atom is -0.478 e. The molecule has 250 valence electrons. The summed E-state index contributed by atoms with van der Waals surface area (Å²) in [7, 11) is 0. The van der Waals surface area contributed by atoms with Gasteiger partial charge in [-0.3, -0.25) is 0 Å². The van der Waals surface area contributed by atoms with Gasteiger partial charge in [0.05, 0.1) is 0 Å². The normalized spacial score (nSPS) is 11.9. The molecule has 0 atom stereocenters. The Morgan fingerprint density at radius 3 is 0.881 bits per heavy atom. The van der Waals surface area contributed by atoms with Gasteiger partial charge in [0.15, 0.2) is 0 Å². The van der Waals surface area contributed by atoms with Gasteiger partial charge in [-0.2, -0.15) is 0 Å². The summed E-state index contributed by atoms with van der Waals surface area (Å²) in [4.78, 5) is 11.6. The number of aliphatic carboxylic acids is 1. The van der Waals surface area contributed by atoms with Gasteiger partial charge in [0.1, 0.15) is 0 Å². The maximum absolute atomic E-state index is 11.6. The molecule has 0 heterocycles. The Labute approximate surface area is 265 Å². The number of carboxylic acid groups (broad SMARTS) is 1. The average molecular weight is 591 g/mol. The second-order valence-corrected chi connectivity index (χ2v) is 13.5. The Morgan fingerprint density at radius 1 is 0.381 bits per heavy atom. The molecule has 0 aromatic rings. The molecule has 1 N–H and O–H groups in total. The molecule has 0 aliphatic rings. The van der Waals surface area contributed by atoms with Crippen molar-refractivity contribution in [3.05, 3.63) is 11.6 Å². The summed E-state index contributed by atoms with van der Waals surface area (Å²) in [6.45, 7) is 4.58. The molecule has 0 saturated carbocycles. The molecule has 2 heteroatoms. The van der Waals surface area contributed by atoms with E-state index in [1.807, 2.05) is 6.08 Å². The molecule has 0 rings (SSSR count). The molecule has 0 aromatic carbocycles. The standard InChI is InChI=1S/C40H78O2/c1-3-5-7-9-11-13-15-17-19-21-22-24-26-28-30-32-34-36-38-39(40(41)42)37-35-33-31-29-27-25-23-20-18-16-14-12-10-8-6-4-2/h38H,3-37H2,1-2H3,(H,41,42). The molecule has 0 aromatic heterocycles. The van der Waals surface area contributed by atoms with Crippen LogP contribution in [0.25, 0.3) is 0 Å². The molecule has 2 nitrogen and oxygen atoms in total. The van der Waals surface area contributed by atoms with E-state index in [1.165, 1.54) is 199 Å². The van der Waals surface area contributed by atoms with Crippen LogP contribution in [-0.2, 0) is 4.79 Å². The topological polar surface area (TPSA) is 37.3 Å². The zero-order valence-electron chi connectivity index (χ0n) is 29.2. The minimum absolute atomic E-state index is 0.664. The van der Waals surface area contributed by atoms with Crippen molar-refractivity contribution in [2.75, 3.05) is 0 Å². The van der Waals surface area contributed by atoms with Gasteiger partial charge < -0.3 is 5.11 Å². The predicted molar refractivity (Wildman–Crippen MR) is 189 cm³/mol. The summed E-state index contributed by atoms with van der Waals surface area (Å²) in [5, 5.41) is 9.57. The first-order valence-corrected chi connectivity index (χ1v) is 19.6. The van der Waals surface area contributed by atoms with Crippen molar-refractivity contribution in [3.8, 4) is 0 Å². The number of allylic oxidation sites excluding steroid dienone is 1. The minimum atomic E-state index is -0.692. The molecule has 0 unspecified atom stereocenters. The van der Waals surface area contributed by atoms with Crippen LogP contribution in [0.3, 0.4) is 0 Å². The molecule has 42 heavy (non-hydrogen) atoms. The van der Waals surface area contributed by atoms with Crippen molar-refractivity contribution in [1.82, 2.24) is 0 Å². The van der Waals surface area contributed by atoms with Gasteiger partial charge >= 0.3 is 5.97 Å². The van der Waals surface area contributed by atoms with Crippen molar-refractivity contribution in [2.24, 2.45) is 0 Å². The predicted octanol–water partition coefficient (Wildman–Crippen LogP) is 14.7. The highest BCUT2D eigenvalue weighted by Crippen LogP contribution is 2.18. The highest BCUT2D eigenvalue weighted by atomic mass is 16.4. The summed E-state index contributed by atoms with van der Waals surface area (Å²) >= 11 is 0. The van der Waals surface area contributed by atoms with Crippen LogP contribution < -0.4 is 0 Å². The van der Waals surface area contributed by atoms with Crippen molar-refractivity contribution >= 4 is 5.97 Å². The van der Waals surface area contributed by atoms with E-state index in [9.17, 15) is 9.90 Å². The number of carbonyl (C=O) groups is 1. The quantitative estimate of drug-likeness (QED) is 0.0582. The summed E-state index contributed by atoms with van der Waals surface area (Å²) in [5.74, 6) is -0.692. The number of carboxylic acids is 1. The third-order valence-corrected chi connectivity index (χ3v) is 9.27. The van der Waals surface area contributed by atoms with Gasteiger partial charge in [0.2, 0.25) is 0 Å². The van der Waals surface area contributed by atoms with E-state index in [-0.39, 0.29) is 0 Å². The summed E-state index contributed by atoms with van der Waals surface area (Å²) in [6, 6.07) is 0. The van der Waals surface area contributed by atoms with Crippen molar-refractivity contribution in [1.29, 1.82) is 0 Å². The first-order chi connectivity index (χ1) is 20.7. The SMILES string of the molecule is CCCCCCCCCCCCCCCCCCCC=C(CCCCCCCCCCCCCCCCCC)C(=O)O. The van der Waals surface area contributed by atoms with Crippen LogP contribution in [-0.4, -0.2) is 11.1 Å². The van der Waals surface area contributed by atoms with Crippen LogP contribution in [0, 0.1) is 0 Å². The van der Waals surface area contributed by atoms with E-state index >= 15 is 0 Å². The van der Waals surface area contributed by atoms with E-state index in [4.69, 9.17) is 0 Å². The van der Waals surface area contributed by atoms with Crippen LogP contribution in [0.4, 0.5) is 0 Å². The Hall–Kier alpha value is -0.790. The summed E-state index contributed by atoms with van der Waals surface area (Å²) < 4.78 is 0. The van der Waals surface area contributed by atoms with E-state index < -0.39 is 5.97 Å². The van der Waals surface area contributed by atoms with Crippen LogP contribution in [0.15, 0.2) is 11.6 Å². The van der Waals surface area contributed by atoms with Crippen molar-refractivity contribution in [2.45, 2.75) is 239 Å². The molecular formula is C40H78O2. The molecule has 0 aliphatic carbocycles. The lowest BCUT2D eigenvalue weighted by atomic mass is 10.0. The molecule has 0 bridgehead atoms. The lowest BCUT2D eigenvalue weighted by Gasteiger charge is -2.05. The lowest BCUT2D eigenvalue weighted by molar-refractivity contribution is -0.132. The first kappa shape index (κ1) is 41.2. The van der Waals surface area contributed by atoms with Crippen LogP contribution in [0.1, 0.15) is 239 Å². The van der Waals surface area contributed by atoms with E-state index in [0.29, 0.717) is 5.57 Å². The van der Waals surface area contributed by atoms with Gasteiger partial charge in [0, 0.05) is 5.57 Å². The molecule has 0 spiro atoms. The van der Waals surface area contributed by atoms with E-state index in [1.54, 1.807) is 0 Å². The Morgan fingerprint density at radius 2 is 0.619 bits per heavy atom. The van der Waals surface area contributed by atoms with Crippen LogP contribution >= 0.6 is 0 Å². The van der Waals surface area contributed by atoms with Crippen LogP contribution in [0.2, 0.25) is 0 Å². The molecular weight excluding hydrogens is 512 g/mol. The number of unbranched alkanes of at least 4 members (excludes halogenated alkanes) is 32. The lowest BCUT2D eigenvalue weighted by Crippen LogP contribution is -2.00. The third kappa shape index (κ3) is 33.7. The maximum Gasteiger partial charge on any atom is 0.331 e. The van der Waals surface area contributed by atoms with Gasteiger partial charge in [-0.15, -0.1) is 0 Å². The van der Waals surface area contributed by atoms with Gasteiger partial charge in [0.25, 0.3) is 0 Å². The molecule has 0 radical (unpaired) electrons. The van der Waals surface area contributed by atoms with Gasteiger partial charge in [-0.05, 0) is 25.7 Å². The second kappa shape index (κ2) is 36.4. The van der Waals surface area contributed by atoms with E-state index in [2.05, 4.69) is 13.8 Å². The van der Waals surface area contributed by atoms with Crippen molar-refractivity contribution < 1.29 is 9.90 Å². The zero-order valence-corrected chi connectivity index (χ0v) is 29.2. The fourth-order valence-corrected chi connectivity index (χ4v) is 6.31. The second-order valence-electron chi connectivity index (χ2n) is 13.5.